The molecule has 0 aromatic heterocycles. The highest BCUT2D eigenvalue weighted by Gasteiger charge is 1.98. The summed E-state index contributed by atoms with van der Waals surface area (Å²) < 4.78 is 11.1. The average Bonchev–Trinajstić information content (AvgIpc) is 2.49. The first kappa shape index (κ1) is 17.9. The summed E-state index contributed by atoms with van der Waals surface area (Å²) in [5, 5.41) is 0.573. The Morgan fingerprint density at radius 1 is 0.952 bits per heavy atom. The van der Waals surface area contributed by atoms with Gasteiger partial charge in [0.25, 0.3) is 5.17 Å². The number of rotatable bonds is 10. The molecule has 118 valence electrons. The van der Waals surface area contributed by atoms with Crippen LogP contribution in [0.2, 0.25) is 0 Å². The van der Waals surface area contributed by atoms with Gasteiger partial charge < -0.3 is 14.4 Å². The van der Waals surface area contributed by atoms with Crippen molar-refractivity contribution in [3.63, 3.8) is 0 Å². The number of thiocarbonyl (C=S) groups is 1. The molecule has 0 heterocycles. The number of hydrogen-bond acceptors (Lipinski definition) is 3. The van der Waals surface area contributed by atoms with Gasteiger partial charge in [0, 0.05) is 20.7 Å². The van der Waals surface area contributed by atoms with Gasteiger partial charge in [-0.15, -0.1) is 0 Å². The van der Waals surface area contributed by atoms with E-state index in [0.29, 0.717) is 5.17 Å². The Morgan fingerprint density at radius 3 is 2.24 bits per heavy atom. The summed E-state index contributed by atoms with van der Waals surface area (Å²) in [7, 11) is 3.80. The quantitative estimate of drug-likeness (QED) is 0.481. The van der Waals surface area contributed by atoms with Crippen LogP contribution < -0.4 is 0 Å². The molecular weight excluding hydrogens is 282 g/mol. The van der Waals surface area contributed by atoms with E-state index < -0.39 is 0 Å². The van der Waals surface area contributed by atoms with Crippen molar-refractivity contribution < 1.29 is 9.47 Å². The Bertz CT molecular complexity index is 382. The molecule has 0 unspecified atom stereocenters. The SMILES string of the molecule is CN(C)C(=S)OCCCCCCCOCc1ccccc1. The number of unbranched alkanes of at least 4 members (excludes halogenated alkanes) is 4. The maximum Gasteiger partial charge on any atom is 0.258 e. The van der Waals surface area contributed by atoms with Crippen molar-refractivity contribution in [2.75, 3.05) is 27.3 Å². The van der Waals surface area contributed by atoms with E-state index in [1.807, 2.05) is 37.2 Å². The molecular formula is C17H27NO2S. The van der Waals surface area contributed by atoms with Crippen LogP contribution in [-0.4, -0.2) is 37.4 Å². The molecule has 3 nitrogen and oxygen atoms in total. The normalized spacial score (nSPS) is 10.4. The Labute approximate surface area is 134 Å². The van der Waals surface area contributed by atoms with Gasteiger partial charge in [0.15, 0.2) is 0 Å². The minimum absolute atomic E-state index is 0.573. The highest BCUT2D eigenvalue weighted by Crippen LogP contribution is 2.06. The molecule has 0 N–H and O–H groups in total. The van der Waals surface area contributed by atoms with E-state index in [4.69, 9.17) is 21.7 Å². The van der Waals surface area contributed by atoms with Gasteiger partial charge in [0.1, 0.15) is 0 Å². The molecule has 4 heteroatoms. The van der Waals surface area contributed by atoms with Crippen molar-refractivity contribution in [1.82, 2.24) is 4.90 Å². The lowest BCUT2D eigenvalue weighted by Crippen LogP contribution is -2.22. The van der Waals surface area contributed by atoms with Crippen LogP contribution in [0.1, 0.15) is 37.7 Å². The first-order valence-corrected chi connectivity index (χ1v) is 8.06. The monoisotopic (exact) mass is 309 g/mol. The summed E-state index contributed by atoms with van der Waals surface area (Å²) in [5.74, 6) is 0. The van der Waals surface area contributed by atoms with Crippen LogP contribution >= 0.6 is 12.2 Å². The molecule has 0 fully saturated rings. The lowest BCUT2D eigenvalue weighted by Gasteiger charge is -2.14. The zero-order chi connectivity index (χ0) is 15.3. The van der Waals surface area contributed by atoms with Crippen molar-refractivity contribution >= 4 is 17.4 Å². The Balaban J connectivity index is 1.84. The van der Waals surface area contributed by atoms with Gasteiger partial charge in [0.2, 0.25) is 0 Å². The molecule has 0 radical (unpaired) electrons. The van der Waals surface area contributed by atoms with Crippen molar-refractivity contribution in [2.24, 2.45) is 0 Å². The van der Waals surface area contributed by atoms with Crippen LogP contribution in [0.3, 0.4) is 0 Å². The van der Waals surface area contributed by atoms with Gasteiger partial charge in [-0.05, 0) is 30.6 Å². The minimum Gasteiger partial charge on any atom is -0.471 e. The summed E-state index contributed by atoms with van der Waals surface area (Å²) in [6.07, 6.45) is 5.83. The number of nitrogens with zero attached hydrogens (tertiary/aromatic N) is 1. The number of hydrogen-bond donors (Lipinski definition) is 0. The highest BCUT2D eigenvalue weighted by molar-refractivity contribution is 7.80. The predicted octanol–water partition coefficient (Wildman–Crippen LogP) is 4.02. The van der Waals surface area contributed by atoms with Crippen LogP contribution in [-0.2, 0) is 16.1 Å². The van der Waals surface area contributed by atoms with E-state index in [9.17, 15) is 0 Å². The lowest BCUT2D eigenvalue weighted by atomic mass is 10.1. The molecule has 0 amide bonds. The lowest BCUT2D eigenvalue weighted by molar-refractivity contribution is 0.116. The third-order valence-electron chi connectivity index (χ3n) is 3.14. The second kappa shape index (κ2) is 11.5. The Hall–Kier alpha value is -1.13. The van der Waals surface area contributed by atoms with Crippen molar-refractivity contribution in [3.8, 4) is 0 Å². The fraction of sp³-hybridized carbons (Fsp3) is 0.588. The first-order chi connectivity index (χ1) is 10.2. The minimum atomic E-state index is 0.573. The predicted molar refractivity (Wildman–Crippen MR) is 91.4 cm³/mol. The summed E-state index contributed by atoms with van der Waals surface area (Å²) >= 11 is 5.05. The summed E-state index contributed by atoms with van der Waals surface area (Å²) in [6.45, 7) is 2.29. The van der Waals surface area contributed by atoms with Gasteiger partial charge in [-0.1, -0.05) is 49.6 Å². The second-order valence-electron chi connectivity index (χ2n) is 5.31. The number of benzene rings is 1. The van der Waals surface area contributed by atoms with E-state index in [-0.39, 0.29) is 0 Å². The smallest absolute Gasteiger partial charge is 0.258 e. The van der Waals surface area contributed by atoms with Crippen LogP contribution in [0.5, 0.6) is 0 Å². The molecule has 0 aliphatic heterocycles. The van der Waals surface area contributed by atoms with E-state index in [2.05, 4.69) is 12.1 Å². The molecule has 0 saturated carbocycles. The maximum absolute atomic E-state index is 5.66. The van der Waals surface area contributed by atoms with Crippen LogP contribution in [0.15, 0.2) is 30.3 Å². The van der Waals surface area contributed by atoms with Gasteiger partial charge in [-0.2, -0.15) is 0 Å². The maximum atomic E-state index is 5.66. The van der Waals surface area contributed by atoms with Crippen LogP contribution in [0.4, 0.5) is 0 Å². The molecule has 0 aliphatic carbocycles. The first-order valence-electron chi connectivity index (χ1n) is 7.66. The van der Waals surface area contributed by atoms with Crippen LogP contribution in [0.25, 0.3) is 0 Å². The van der Waals surface area contributed by atoms with Crippen molar-refractivity contribution in [3.05, 3.63) is 35.9 Å². The molecule has 0 aliphatic rings. The fourth-order valence-electron chi connectivity index (χ4n) is 1.89. The van der Waals surface area contributed by atoms with Gasteiger partial charge in [-0.25, -0.2) is 0 Å². The average molecular weight is 309 g/mol. The van der Waals surface area contributed by atoms with Crippen molar-refractivity contribution in [2.45, 2.75) is 38.7 Å². The molecule has 0 spiro atoms. The molecule has 1 rings (SSSR count). The zero-order valence-corrected chi connectivity index (χ0v) is 14.0. The summed E-state index contributed by atoms with van der Waals surface area (Å²) in [4.78, 5) is 1.82. The van der Waals surface area contributed by atoms with E-state index in [1.165, 1.54) is 24.8 Å². The Morgan fingerprint density at radius 2 is 1.57 bits per heavy atom. The van der Waals surface area contributed by atoms with Crippen LogP contribution in [0, 0.1) is 0 Å². The van der Waals surface area contributed by atoms with E-state index >= 15 is 0 Å². The second-order valence-corrected chi connectivity index (χ2v) is 5.66. The third kappa shape index (κ3) is 9.43. The summed E-state index contributed by atoms with van der Waals surface area (Å²) in [6, 6.07) is 10.3. The molecule has 0 saturated heterocycles. The standard InChI is InChI=1S/C17H27NO2S/c1-18(2)17(21)20-14-10-5-3-4-9-13-19-15-16-11-7-6-8-12-16/h6-8,11-12H,3-5,9-10,13-15H2,1-2H3. The molecule has 1 aromatic rings. The van der Waals surface area contributed by atoms with Gasteiger partial charge >= 0.3 is 0 Å². The van der Waals surface area contributed by atoms with E-state index in [1.54, 1.807) is 0 Å². The number of ether oxygens (including phenoxy) is 2. The van der Waals surface area contributed by atoms with Gasteiger partial charge in [-0.3, -0.25) is 0 Å². The third-order valence-corrected chi connectivity index (χ3v) is 3.62. The largest absolute Gasteiger partial charge is 0.471 e. The fourth-order valence-corrected chi connectivity index (χ4v) is 1.97. The molecule has 1 aromatic carbocycles. The molecule has 0 bridgehead atoms. The van der Waals surface area contributed by atoms with Crippen molar-refractivity contribution in [1.29, 1.82) is 0 Å². The van der Waals surface area contributed by atoms with E-state index in [0.717, 1.165) is 32.7 Å². The molecule has 21 heavy (non-hydrogen) atoms. The zero-order valence-electron chi connectivity index (χ0n) is 13.2. The molecule has 0 atom stereocenters. The highest BCUT2D eigenvalue weighted by atomic mass is 32.1. The Kier molecular flexibility index (Phi) is 9.83. The topological polar surface area (TPSA) is 21.7 Å². The summed E-state index contributed by atoms with van der Waals surface area (Å²) in [5.41, 5.74) is 1.24. The van der Waals surface area contributed by atoms with Gasteiger partial charge in [0.05, 0.1) is 13.2 Å².